The summed E-state index contributed by atoms with van der Waals surface area (Å²) >= 11 is 5.83. The van der Waals surface area contributed by atoms with E-state index in [9.17, 15) is 4.79 Å². The van der Waals surface area contributed by atoms with E-state index in [0.717, 1.165) is 11.8 Å². The number of carbonyl (C=O) groups is 1. The second-order valence-corrected chi connectivity index (χ2v) is 2.88. The number of benzene rings is 1. The monoisotopic (exact) mass is 184 g/mol. The van der Waals surface area contributed by atoms with Gasteiger partial charge in [0.05, 0.1) is 12.1 Å². The van der Waals surface area contributed by atoms with Crippen LogP contribution in [0, 0.1) is 6.92 Å². The standard InChI is InChI=1S/C9H9ClO2/c1-6-3-7(5-11)4-8(10)9(6)12-2/h3-5H,1-2H3. The highest BCUT2D eigenvalue weighted by molar-refractivity contribution is 6.32. The number of methoxy groups -OCH3 is 1. The van der Waals surface area contributed by atoms with E-state index >= 15 is 0 Å². The number of ether oxygens (including phenoxy) is 1. The van der Waals surface area contributed by atoms with Crippen molar-refractivity contribution >= 4 is 17.9 Å². The van der Waals surface area contributed by atoms with E-state index in [2.05, 4.69) is 0 Å². The van der Waals surface area contributed by atoms with Gasteiger partial charge < -0.3 is 4.74 Å². The first-order valence-corrected chi connectivity index (χ1v) is 3.86. The van der Waals surface area contributed by atoms with Gasteiger partial charge in [-0.15, -0.1) is 0 Å². The molecule has 0 spiro atoms. The van der Waals surface area contributed by atoms with Crippen molar-refractivity contribution in [1.29, 1.82) is 0 Å². The Morgan fingerprint density at radius 1 is 1.50 bits per heavy atom. The minimum Gasteiger partial charge on any atom is -0.495 e. The van der Waals surface area contributed by atoms with Crippen LogP contribution in [0.25, 0.3) is 0 Å². The third-order valence-corrected chi connectivity index (χ3v) is 1.87. The Morgan fingerprint density at radius 2 is 2.17 bits per heavy atom. The molecule has 0 aliphatic rings. The Hall–Kier alpha value is -1.02. The van der Waals surface area contributed by atoms with Crippen molar-refractivity contribution in [2.75, 3.05) is 7.11 Å². The van der Waals surface area contributed by atoms with Crippen molar-refractivity contribution in [2.24, 2.45) is 0 Å². The summed E-state index contributed by atoms with van der Waals surface area (Å²) in [6.45, 7) is 1.84. The quantitative estimate of drug-likeness (QED) is 0.660. The van der Waals surface area contributed by atoms with Crippen LogP contribution < -0.4 is 4.74 Å². The van der Waals surface area contributed by atoms with E-state index in [1.807, 2.05) is 6.92 Å². The average molecular weight is 185 g/mol. The molecule has 1 rings (SSSR count). The van der Waals surface area contributed by atoms with Crippen LogP contribution in [0.1, 0.15) is 15.9 Å². The van der Waals surface area contributed by atoms with Crippen LogP contribution in [-0.4, -0.2) is 13.4 Å². The molecule has 0 bridgehead atoms. The fourth-order valence-electron chi connectivity index (χ4n) is 1.08. The van der Waals surface area contributed by atoms with Gasteiger partial charge in [0, 0.05) is 5.56 Å². The molecule has 0 saturated carbocycles. The van der Waals surface area contributed by atoms with Gasteiger partial charge in [-0.1, -0.05) is 11.6 Å². The minimum atomic E-state index is 0.472. The van der Waals surface area contributed by atoms with Gasteiger partial charge in [-0.25, -0.2) is 0 Å². The zero-order chi connectivity index (χ0) is 9.14. The predicted octanol–water partition coefficient (Wildman–Crippen LogP) is 2.47. The maximum Gasteiger partial charge on any atom is 0.150 e. The van der Waals surface area contributed by atoms with Crippen molar-refractivity contribution < 1.29 is 9.53 Å². The minimum absolute atomic E-state index is 0.472. The molecule has 0 atom stereocenters. The van der Waals surface area contributed by atoms with Crippen LogP contribution in [0.5, 0.6) is 5.75 Å². The molecule has 0 aliphatic heterocycles. The van der Waals surface area contributed by atoms with Gasteiger partial charge in [-0.2, -0.15) is 0 Å². The number of aryl methyl sites for hydroxylation is 1. The SMILES string of the molecule is COc1c(C)cc(C=O)cc1Cl. The fourth-order valence-corrected chi connectivity index (χ4v) is 1.44. The first-order chi connectivity index (χ1) is 5.69. The Kier molecular flexibility index (Phi) is 2.71. The van der Waals surface area contributed by atoms with E-state index in [1.54, 1.807) is 19.2 Å². The lowest BCUT2D eigenvalue weighted by molar-refractivity contribution is 0.112. The Balaban J connectivity index is 3.27. The maximum absolute atomic E-state index is 10.4. The van der Waals surface area contributed by atoms with Gasteiger partial charge in [-0.05, 0) is 24.6 Å². The summed E-state index contributed by atoms with van der Waals surface area (Å²) in [5, 5.41) is 0.472. The fraction of sp³-hybridized carbons (Fsp3) is 0.222. The zero-order valence-corrected chi connectivity index (χ0v) is 7.68. The molecule has 0 fully saturated rings. The van der Waals surface area contributed by atoms with E-state index in [0.29, 0.717) is 16.3 Å². The Bertz CT molecular complexity index is 284. The van der Waals surface area contributed by atoms with Gasteiger partial charge in [0.2, 0.25) is 0 Å². The summed E-state index contributed by atoms with van der Waals surface area (Å²) in [5.74, 6) is 0.627. The molecule has 1 aromatic carbocycles. The highest BCUT2D eigenvalue weighted by Gasteiger charge is 2.05. The molecule has 0 unspecified atom stereocenters. The van der Waals surface area contributed by atoms with E-state index in [4.69, 9.17) is 16.3 Å². The summed E-state index contributed by atoms with van der Waals surface area (Å²) in [6, 6.07) is 3.32. The largest absolute Gasteiger partial charge is 0.495 e. The molecule has 1 aromatic rings. The summed E-state index contributed by atoms with van der Waals surface area (Å²) < 4.78 is 5.03. The third kappa shape index (κ3) is 1.59. The molecule has 3 heteroatoms. The molecule has 64 valence electrons. The van der Waals surface area contributed by atoms with Gasteiger partial charge in [0.15, 0.2) is 0 Å². The van der Waals surface area contributed by atoms with Crippen molar-refractivity contribution in [3.05, 3.63) is 28.3 Å². The van der Waals surface area contributed by atoms with Crippen LogP contribution >= 0.6 is 11.6 Å². The second-order valence-electron chi connectivity index (χ2n) is 2.47. The lowest BCUT2D eigenvalue weighted by atomic mass is 10.1. The third-order valence-electron chi connectivity index (χ3n) is 1.59. The molecule has 0 amide bonds. The number of hydrogen-bond donors (Lipinski definition) is 0. The van der Waals surface area contributed by atoms with Gasteiger partial charge in [0.25, 0.3) is 0 Å². The summed E-state index contributed by atoms with van der Waals surface area (Å²) in [7, 11) is 1.55. The van der Waals surface area contributed by atoms with Crippen molar-refractivity contribution in [3.8, 4) is 5.75 Å². The molecule has 0 heterocycles. The van der Waals surface area contributed by atoms with E-state index < -0.39 is 0 Å². The van der Waals surface area contributed by atoms with Crippen LogP contribution in [0.2, 0.25) is 5.02 Å². The molecule has 2 nitrogen and oxygen atoms in total. The number of rotatable bonds is 2. The van der Waals surface area contributed by atoms with Crippen LogP contribution in [-0.2, 0) is 0 Å². The number of carbonyl (C=O) groups excluding carboxylic acids is 1. The molecule has 0 aliphatic carbocycles. The smallest absolute Gasteiger partial charge is 0.150 e. The predicted molar refractivity (Wildman–Crippen MR) is 48.1 cm³/mol. The average Bonchev–Trinajstić information content (AvgIpc) is 2.03. The summed E-state index contributed by atoms with van der Waals surface area (Å²) in [4.78, 5) is 10.4. The zero-order valence-electron chi connectivity index (χ0n) is 6.93. The molecule has 0 saturated heterocycles. The van der Waals surface area contributed by atoms with Crippen LogP contribution in [0.15, 0.2) is 12.1 Å². The van der Waals surface area contributed by atoms with Gasteiger partial charge in [-0.3, -0.25) is 4.79 Å². The number of hydrogen-bond acceptors (Lipinski definition) is 2. The van der Waals surface area contributed by atoms with Crippen LogP contribution in [0.3, 0.4) is 0 Å². The topological polar surface area (TPSA) is 26.3 Å². The molecule has 0 N–H and O–H groups in total. The second kappa shape index (κ2) is 3.59. The van der Waals surface area contributed by atoms with Gasteiger partial charge >= 0.3 is 0 Å². The van der Waals surface area contributed by atoms with Crippen molar-refractivity contribution in [1.82, 2.24) is 0 Å². The molecule has 0 aromatic heterocycles. The Morgan fingerprint density at radius 3 is 2.58 bits per heavy atom. The van der Waals surface area contributed by atoms with Gasteiger partial charge in [0.1, 0.15) is 12.0 Å². The lowest BCUT2D eigenvalue weighted by Crippen LogP contribution is -1.90. The molecule has 0 radical (unpaired) electrons. The summed E-state index contributed by atoms with van der Waals surface area (Å²) in [6.07, 6.45) is 0.762. The highest BCUT2D eigenvalue weighted by atomic mass is 35.5. The van der Waals surface area contributed by atoms with Crippen molar-refractivity contribution in [3.63, 3.8) is 0 Å². The molecular formula is C9H9ClO2. The number of halogens is 1. The van der Waals surface area contributed by atoms with E-state index in [-0.39, 0.29) is 0 Å². The summed E-state index contributed by atoms with van der Waals surface area (Å²) in [5.41, 5.74) is 1.44. The normalized spacial score (nSPS) is 9.58. The Labute approximate surface area is 76.1 Å². The molecular weight excluding hydrogens is 176 g/mol. The maximum atomic E-state index is 10.4. The lowest BCUT2D eigenvalue weighted by Gasteiger charge is -2.06. The first kappa shape index (κ1) is 9.07. The number of aldehydes is 1. The first-order valence-electron chi connectivity index (χ1n) is 3.48. The van der Waals surface area contributed by atoms with E-state index in [1.165, 1.54) is 0 Å². The van der Waals surface area contributed by atoms with Crippen LogP contribution in [0.4, 0.5) is 0 Å². The highest BCUT2D eigenvalue weighted by Crippen LogP contribution is 2.28. The molecule has 12 heavy (non-hydrogen) atoms. The van der Waals surface area contributed by atoms with Crippen molar-refractivity contribution in [2.45, 2.75) is 6.92 Å².